The van der Waals surface area contributed by atoms with Gasteiger partial charge in [0.1, 0.15) is 5.75 Å². The second-order valence-electron chi connectivity index (χ2n) is 2.67. The van der Waals surface area contributed by atoms with Crippen LogP contribution in [-0.2, 0) is 0 Å². The molecule has 0 aromatic heterocycles. The third kappa shape index (κ3) is 2.75. The van der Waals surface area contributed by atoms with E-state index in [4.69, 9.17) is 27.9 Å². The van der Waals surface area contributed by atoms with E-state index >= 15 is 0 Å². The molecule has 0 saturated heterocycles. The Hall–Kier alpha value is -0.970. The van der Waals surface area contributed by atoms with Crippen molar-refractivity contribution in [2.24, 2.45) is 0 Å². The number of carbonyl (C=O) groups is 1. The van der Waals surface area contributed by atoms with Gasteiger partial charge in [0.15, 0.2) is 0 Å². The van der Waals surface area contributed by atoms with Gasteiger partial charge in [-0.05, 0) is 12.1 Å². The zero-order valence-electron chi connectivity index (χ0n) is 8.23. The van der Waals surface area contributed by atoms with Gasteiger partial charge in [-0.1, -0.05) is 23.2 Å². The summed E-state index contributed by atoms with van der Waals surface area (Å²) < 4.78 is 5.02. The van der Waals surface area contributed by atoms with Crippen LogP contribution in [0.1, 0.15) is 10.4 Å². The topological polar surface area (TPSA) is 50.4 Å². The van der Waals surface area contributed by atoms with Gasteiger partial charge in [0.2, 0.25) is 0 Å². The van der Waals surface area contributed by atoms with Crippen LogP contribution in [0.3, 0.4) is 0 Å². The van der Waals surface area contributed by atoms with E-state index in [9.17, 15) is 4.79 Å². The lowest BCUT2D eigenvalue weighted by Gasteiger charge is -2.10. The van der Waals surface area contributed by atoms with Crippen LogP contribution in [0.5, 0.6) is 5.75 Å². The fourth-order valence-electron chi connectivity index (χ4n) is 1.12. The second kappa shape index (κ2) is 5.21. The highest BCUT2D eigenvalue weighted by Crippen LogP contribution is 2.31. The van der Waals surface area contributed by atoms with E-state index in [0.717, 1.165) is 0 Å². The van der Waals surface area contributed by atoms with Crippen LogP contribution in [0, 0.1) is 0 Å². The number of hydrogen-bond acceptors (Lipinski definition) is 3. The molecule has 1 aromatic rings. The molecule has 2 N–H and O–H groups in total. The van der Waals surface area contributed by atoms with Crippen molar-refractivity contribution in [1.29, 1.82) is 0 Å². The van der Waals surface area contributed by atoms with Gasteiger partial charge < -0.3 is 4.74 Å². The van der Waals surface area contributed by atoms with E-state index < -0.39 is 0 Å². The van der Waals surface area contributed by atoms with Gasteiger partial charge in [-0.2, -0.15) is 0 Å². The lowest BCUT2D eigenvalue weighted by Crippen LogP contribution is -2.34. The van der Waals surface area contributed by atoms with Gasteiger partial charge in [-0.15, -0.1) is 0 Å². The third-order valence-corrected chi connectivity index (χ3v) is 2.19. The smallest absolute Gasteiger partial charge is 0.269 e. The number of nitrogens with one attached hydrogen (secondary N) is 2. The number of methoxy groups -OCH3 is 1. The first kappa shape index (κ1) is 12.1. The number of benzene rings is 1. The third-order valence-electron chi connectivity index (χ3n) is 1.70. The molecule has 0 bridgehead atoms. The highest BCUT2D eigenvalue weighted by molar-refractivity contribution is 6.36. The average Bonchev–Trinajstić information content (AvgIpc) is 2.17. The quantitative estimate of drug-likeness (QED) is 0.804. The van der Waals surface area contributed by atoms with Crippen LogP contribution < -0.4 is 15.6 Å². The second-order valence-corrected chi connectivity index (χ2v) is 3.52. The fraction of sp³-hybridized carbons (Fsp3) is 0.222. The summed E-state index contributed by atoms with van der Waals surface area (Å²) in [4.78, 5) is 11.6. The van der Waals surface area contributed by atoms with Crippen LogP contribution in [0.15, 0.2) is 12.1 Å². The molecule has 0 spiro atoms. The van der Waals surface area contributed by atoms with E-state index in [0.29, 0.717) is 15.8 Å². The summed E-state index contributed by atoms with van der Waals surface area (Å²) in [5.74, 6) is -0.0624. The van der Waals surface area contributed by atoms with Crippen molar-refractivity contribution < 1.29 is 9.53 Å². The minimum absolute atomic E-state index is 0.282. The molecule has 0 radical (unpaired) electrons. The Morgan fingerprint density at radius 3 is 2.60 bits per heavy atom. The zero-order valence-corrected chi connectivity index (χ0v) is 9.74. The van der Waals surface area contributed by atoms with Crippen molar-refractivity contribution in [1.82, 2.24) is 10.9 Å². The lowest BCUT2D eigenvalue weighted by molar-refractivity contribution is 0.0935. The first-order valence-electron chi connectivity index (χ1n) is 4.10. The van der Waals surface area contributed by atoms with Gasteiger partial charge in [-0.3, -0.25) is 10.2 Å². The summed E-state index contributed by atoms with van der Waals surface area (Å²) in [6, 6.07) is 3.00. The van der Waals surface area contributed by atoms with Crippen LogP contribution in [0.2, 0.25) is 10.0 Å². The van der Waals surface area contributed by atoms with Crippen LogP contribution in [0.4, 0.5) is 0 Å². The first-order chi connectivity index (χ1) is 7.10. The van der Waals surface area contributed by atoms with Gasteiger partial charge in [-0.25, -0.2) is 5.43 Å². The molecule has 1 amide bonds. The standard InChI is InChI=1S/C9H10Cl2N2O2/c1-12-13-9(14)6-3-5(10)4-7(11)8(6)15-2/h3-4,12H,1-2H3,(H,13,14). The molecule has 0 atom stereocenters. The van der Waals surface area contributed by atoms with E-state index in [1.807, 2.05) is 0 Å². The average molecular weight is 249 g/mol. The highest BCUT2D eigenvalue weighted by atomic mass is 35.5. The summed E-state index contributed by atoms with van der Waals surface area (Å²) in [5, 5.41) is 0.674. The monoisotopic (exact) mass is 248 g/mol. The predicted molar refractivity (Wildman–Crippen MR) is 59.5 cm³/mol. The van der Waals surface area contributed by atoms with Gasteiger partial charge in [0, 0.05) is 12.1 Å². The Morgan fingerprint density at radius 1 is 1.40 bits per heavy atom. The van der Waals surface area contributed by atoms with Crippen LogP contribution >= 0.6 is 23.2 Å². The number of hydrazine groups is 1. The molecule has 0 saturated carbocycles. The Kier molecular flexibility index (Phi) is 4.20. The molecule has 0 unspecified atom stereocenters. The minimum atomic E-state index is -0.362. The molecule has 0 aliphatic rings. The normalized spacial score (nSPS) is 9.87. The maximum atomic E-state index is 11.6. The zero-order chi connectivity index (χ0) is 11.4. The Morgan fingerprint density at radius 2 is 2.07 bits per heavy atom. The Bertz CT molecular complexity index is 383. The van der Waals surface area contributed by atoms with E-state index in [1.165, 1.54) is 19.2 Å². The molecule has 6 heteroatoms. The van der Waals surface area contributed by atoms with Crippen molar-refractivity contribution in [3.8, 4) is 5.75 Å². The molecular formula is C9H10Cl2N2O2. The summed E-state index contributed by atoms with van der Waals surface area (Å²) in [5.41, 5.74) is 5.20. The van der Waals surface area contributed by atoms with Crippen molar-refractivity contribution >= 4 is 29.1 Å². The largest absolute Gasteiger partial charge is 0.494 e. The number of ether oxygens (including phenoxy) is 1. The summed E-state index contributed by atoms with van der Waals surface area (Å²) >= 11 is 11.7. The Balaban J connectivity index is 3.20. The van der Waals surface area contributed by atoms with Crippen LogP contribution in [0.25, 0.3) is 0 Å². The summed E-state index contributed by atoms with van der Waals surface area (Å²) in [6.07, 6.45) is 0. The van der Waals surface area contributed by atoms with Crippen molar-refractivity contribution in [3.05, 3.63) is 27.7 Å². The fourth-order valence-corrected chi connectivity index (χ4v) is 1.69. The van der Waals surface area contributed by atoms with Gasteiger partial charge in [0.25, 0.3) is 5.91 Å². The molecule has 82 valence electrons. The van der Waals surface area contributed by atoms with Crippen molar-refractivity contribution in [2.45, 2.75) is 0 Å². The van der Waals surface area contributed by atoms with Gasteiger partial charge in [0.05, 0.1) is 17.7 Å². The van der Waals surface area contributed by atoms with Gasteiger partial charge >= 0.3 is 0 Å². The number of rotatable bonds is 3. The van der Waals surface area contributed by atoms with E-state index in [-0.39, 0.29) is 11.5 Å². The highest BCUT2D eigenvalue weighted by Gasteiger charge is 2.15. The minimum Gasteiger partial charge on any atom is -0.494 e. The lowest BCUT2D eigenvalue weighted by atomic mass is 10.2. The van der Waals surface area contributed by atoms with Crippen LogP contribution in [-0.4, -0.2) is 20.1 Å². The first-order valence-corrected chi connectivity index (χ1v) is 4.86. The maximum absolute atomic E-state index is 11.6. The molecule has 1 aromatic carbocycles. The summed E-state index contributed by atoms with van der Waals surface area (Å²) in [7, 11) is 3.02. The molecule has 0 heterocycles. The van der Waals surface area contributed by atoms with Crippen molar-refractivity contribution in [2.75, 3.05) is 14.2 Å². The Labute approximate surface area is 97.5 Å². The van der Waals surface area contributed by atoms with E-state index in [2.05, 4.69) is 10.9 Å². The van der Waals surface area contributed by atoms with E-state index in [1.54, 1.807) is 7.05 Å². The van der Waals surface area contributed by atoms with Crippen molar-refractivity contribution in [3.63, 3.8) is 0 Å². The molecule has 0 aliphatic heterocycles. The molecule has 0 aliphatic carbocycles. The number of hydrogen-bond donors (Lipinski definition) is 2. The maximum Gasteiger partial charge on any atom is 0.269 e. The molecule has 0 fully saturated rings. The number of halogens is 2. The molecular weight excluding hydrogens is 239 g/mol. The summed E-state index contributed by atoms with van der Waals surface area (Å²) in [6.45, 7) is 0. The SMILES string of the molecule is CNNC(=O)c1cc(Cl)cc(Cl)c1OC. The molecule has 1 rings (SSSR count). The predicted octanol–water partition coefficient (Wildman–Crippen LogP) is 1.87. The number of carbonyl (C=O) groups excluding carboxylic acids is 1. The number of amides is 1. The molecule has 4 nitrogen and oxygen atoms in total. The molecule has 15 heavy (non-hydrogen) atoms.